The van der Waals surface area contributed by atoms with Crippen LogP contribution in [0, 0.1) is 10.8 Å². The van der Waals surface area contributed by atoms with Crippen molar-refractivity contribution in [2.75, 3.05) is 24.3 Å². The molecule has 2 rings (SSSR count). The molecule has 0 heterocycles. The van der Waals surface area contributed by atoms with Gasteiger partial charge in [-0.05, 0) is 47.1 Å². The molecule has 5 heteroatoms. The van der Waals surface area contributed by atoms with Gasteiger partial charge in [-0.2, -0.15) is 0 Å². The minimum absolute atomic E-state index is 0.00521. The molecule has 0 unspecified atom stereocenters. The molecule has 0 saturated carbocycles. The van der Waals surface area contributed by atoms with Gasteiger partial charge >= 0.3 is 0 Å². The van der Waals surface area contributed by atoms with E-state index in [0.717, 1.165) is 22.5 Å². The van der Waals surface area contributed by atoms with Gasteiger partial charge in [0.1, 0.15) is 0 Å². The monoisotopic (exact) mass is 465 g/mol. The molecule has 186 valence electrons. The molecular formula is C29H43N3O2. The summed E-state index contributed by atoms with van der Waals surface area (Å²) >= 11 is 0. The lowest BCUT2D eigenvalue weighted by Gasteiger charge is -2.33. The van der Waals surface area contributed by atoms with Crippen LogP contribution in [-0.2, 0) is 16.1 Å². The maximum Gasteiger partial charge on any atom is 0.224 e. The summed E-state index contributed by atoms with van der Waals surface area (Å²) in [5, 5.41) is 3.05. The van der Waals surface area contributed by atoms with Crippen LogP contribution in [0.3, 0.4) is 0 Å². The van der Waals surface area contributed by atoms with E-state index in [2.05, 4.69) is 70.8 Å². The molecule has 34 heavy (non-hydrogen) atoms. The molecule has 0 spiro atoms. The zero-order valence-corrected chi connectivity index (χ0v) is 22.5. The van der Waals surface area contributed by atoms with Crippen LogP contribution in [0.25, 0.3) is 0 Å². The number of carbonyl (C=O) groups is 2. The molecule has 0 aliphatic carbocycles. The standard InChI is InChI=1S/C29H43N3O2/c1-21(22-13-11-10-12-14-22)32(27(34)19-29(5,6)7)20-23-17-24(15-16-25(23)31(8)9)30-26(33)18-28(2,3)4/h10-17,21H,18-20H2,1-9H3,(H,30,33)/t21-/m1/s1. The van der Waals surface area contributed by atoms with Gasteiger partial charge in [-0.15, -0.1) is 0 Å². The molecule has 0 fully saturated rings. The summed E-state index contributed by atoms with van der Waals surface area (Å²) in [6, 6.07) is 16.0. The van der Waals surface area contributed by atoms with Crippen LogP contribution < -0.4 is 10.2 Å². The lowest BCUT2D eigenvalue weighted by molar-refractivity contribution is -0.136. The van der Waals surface area contributed by atoms with Crippen LogP contribution in [0.1, 0.15) is 78.5 Å². The van der Waals surface area contributed by atoms with Gasteiger partial charge in [-0.25, -0.2) is 0 Å². The van der Waals surface area contributed by atoms with Crippen molar-refractivity contribution < 1.29 is 9.59 Å². The van der Waals surface area contributed by atoms with E-state index in [1.165, 1.54) is 0 Å². The first-order chi connectivity index (χ1) is 15.7. The van der Waals surface area contributed by atoms with Gasteiger partial charge in [-0.3, -0.25) is 9.59 Å². The van der Waals surface area contributed by atoms with Crippen molar-refractivity contribution in [1.29, 1.82) is 0 Å². The topological polar surface area (TPSA) is 52.7 Å². The number of rotatable bonds is 8. The zero-order valence-electron chi connectivity index (χ0n) is 22.5. The van der Waals surface area contributed by atoms with Crippen molar-refractivity contribution >= 4 is 23.2 Å². The fraction of sp³-hybridized carbons (Fsp3) is 0.517. The quantitative estimate of drug-likeness (QED) is 0.475. The van der Waals surface area contributed by atoms with Crippen LogP contribution >= 0.6 is 0 Å². The van der Waals surface area contributed by atoms with E-state index in [1.807, 2.05) is 55.4 Å². The molecular weight excluding hydrogens is 422 g/mol. The maximum absolute atomic E-state index is 13.5. The number of amides is 2. The van der Waals surface area contributed by atoms with E-state index in [9.17, 15) is 9.59 Å². The second-order valence-electron chi connectivity index (χ2n) is 11.9. The van der Waals surface area contributed by atoms with Crippen molar-refractivity contribution in [2.45, 2.75) is 73.9 Å². The van der Waals surface area contributed by atoms with Gasteiger partial charge in [-0.1, -0.05) is 71.9 Å². The normalized spacial score (nSPS) is 12.7. The van der Waals surface area contributed by atoms with E-state index >= 15 is 0 Å². The fourth-order valence-electron chi connectivity index (χ4n) is 4.00. The van der Waals surface area contributed by atoms with Gasteiger partial charge in [0.25, 0.3) is 0 Å². The third-order valence-electron chi connectivity index (χ3n) is 5.63. The largest absolute Gasteiger partial charge is 0.377 e. The highest BCUT2D eigenvalue weighted by atomic mass is 16.2. The Morgan fingerprint density at radius 2 is 1.47 bits per heavy atom. The molecule has 5 nitrogen and oxygen atoms in total. The number of benzene rings is 2. The molecule has 0 bridgehead atoms. The van der Waals surface area contributed by atoms with E-state index in [1.54, 1.807) is 0 Å². The predicted octanol–water partition coefficient (Wildman–Crippen LogP) is 6.65. The highest BCUT2D eigenvalue weighted by Gasteiger charge is 2.27. The Balaban J connectivity index is 2.42. The van der Waals surface area contributed by atoms with E-state index in [0.29, 0.717) is 19.4 Å². The highest BCUT2D eigenvalue weighted by Crippen LogP contribution is 2.31. The van der Waals surface area contributed by atoms with Crippen LogP contribution in [0.15, 0.2) is 48.5 Å². The van der Waals surface area contributed by atoms with Crippen molar-refractivity contribution in [1.82, 2.24) is 4.90 Å². The number of nitrogens with zero attached hydrogens (tertiary/aromatic N) is 2. The zero-order chi connectivity index (χ0) is 25.7. The predicted molar refractivity (Wildman–Crippen MR) is 143 cm³/mol. The average Bonchev–Trinajstić information content (AvgIpc) is 2.69. The Labute approximate surface area is 206 Å². The Morgan fingerprint density at radius 1 is 0.882 bits per heavy atom. The third-order valence-corrected chi connectivity index (χ3v) is 5.63. The number of anilines is 2. The number of hydrogen-bond acceptors (Lipinski definition) is 3. The number of hydrogen-bond donors (Lipinski definition) is 1. The maximum atomic E-state index is 13.5. The molecule has 2 aromatic carbocycles. The van der Waals surface area contributed by atoms with E-state index in [-0.39, 0.29) is 28.7 Å². The smallest absolute Gasteiger partial charge is 0.224 e. The van der Waals surface area contributed by atoms with Gasteiger partial charge in [0.05, 0.1) is 6.04 Å². The third kappa shape index (κ3) is 8.51. The lowest BCUT2D eigenvalue weighted by Crippen LogP contribution is -2.35. The Kier molecular flexibility index (Phi) is 8.93. The van der Waals surface area contributed by atoms with Crippen molar-refractivity contribution in [3.8, 4) is 0 Å². The van der Waals surface area contributed by atoms with E-state index < -0.39 is 0 Å². The van der Waals surface area contributed by atoms with Gasteiger partial charge in [0.2, 0.25) is 11.8 Å². The van der Waals surface area contributed by atoms with Gasteiger partial charge in [0.15, 0.2) is 0 Å². The minimum atomic E-state index is -0.112. The summed E-state index contributed by atoms with van der Waals surface area (Å²) in [4.78, 5) is 30.1. The molecule has 0 aliphatic heterocycles. The lowest BCUT2D eigenvalue weighted by atomic mass is 9.91. The summed E-state index contributed by atoms with van der Waals surface area (Å²) in [5.41, 5.74) is 3.69. The molecule has 0 saturated heterocycles. The molecule has 2 amide bonds. The number of nitrogens with one attached hydrogen (secondary N) is 1. The second kappa shape index (κ2) is 11.1. The molecule has 0 radical (unpaired) electrons. The SMILES string of the molecule is C[C@H](c1ccccc1)N(Cc1cc(NC(=O)CC(C)(C)C)ccc1N(C)C)C(=O)CC(C)(C)C. The molecule has 0 aliphatic rings. The minimum Gasteiger partial charge on any atom is -0.377 e. The van der Waals surface area contributed by atoms with Crippen LogP contribution in [0.4, 0.5) is 11.4 Å². The van der Waals surface area contributed by atoms with Crippen molar-refractivity contribution in [3.05, 3.63) is 59.7 Å². The summed E-state index contributed by atoms with van der Waals surface area (Å²) in [6.07, 6.45) is 0.905. The summed E-state index contributed by atoms with van der Waals surface area (Å²) in [6.45, 7) is 15.0. The highest BCUT2D eigenvalue weighted by molar-refractivity contribution is 5.91. The van der Waals surface area contributed by atoms with Gasteiger partial charge in [0, 0.05) is 44.9 Å². The van der Waals surface area contributed by atoms with Crippen LogP contribution in [0.2, 0.25) is 0 Å². The first-order valence-electron chi connectivity index (χ1n) is 12.1. The van der Waals surface area contributed by atoms with Crippen molar-refractivity contribution in [3.63, 3.8) is 0 Å². The van der Waals surface area contributed by atoms with Crippen molar-refractivity contribution in [2.24, 2.45) is 10.8 Å². The van der Waals surface area contributed by atoms with E-state index in [4.69, 9.17) is 0 Å². The molecule has 1 atom stereocenters. The van der Waals surface area contributed by atoms with Crippen LogP contribution in [0.5, 0.6) is 0 Å². The first kappa shape index (κ1) is 27.4. The molecule has 0 aromatic heterocycles. The Bertz CT molecular complexity index is 969. The second-order valence-corrected chi connectivity index (χ2v) is 11.9. The summed E-state index contributed by atoms with van der Waals surface area (Å²) < 4.78 is 0. The summed E-state index contributed by atoms with van der Waals surface area (Å²) in [5.74, 6) is 0.116. The van der Waals surface area contributed by atoms with Crippen LogP contribution in [-0.4, -0.2) is 30.8 Å². The molecule has 1 N–H and O–H groups in total. The average molecular weight is 466 g/mol. The summed E-state index contributed by atoms with van der Waals surface area (Å²) in [7, 11) is 4.00. The fourth-order valence-corrected chi connectivity index (χ4v) is 4.00. The Hall–Kier alpha value is -2.82. The van der Waals surface area contributed by atoms with Gasteiger partial charge < -0.3 is 15.1 Å². The first-order valence-corrected chi connectivity index (χ1v) is 12.1. The molecule has 2 aromatic rings. The Morgan fingerprint density at radius 3 is 2.00 bits per heavy atom. The number of carbonyl (C=O) groups excluding carboxylic acids is 2.